The second kappa shape index (κ2) is 10.9. The molecule has 32 heavy (non-hydrogen) atoms. The van der Waals surface area contributed by atoms with Crippen LogP contribution in [0.4, 0.5) is 0 Å². The van der Waals surface area contributed by atoms with Crippen molar-refractivity contribution < 1.29 is 27.5 Å². The van der Waals surface area contributed by atoms with E-state index >= 15 is 0 Å². The Hall–Kier alpha value is -2.43. The zero-order valence-electron chi connectivity index (χ0n) is 18.3. The SMILES string of the molecule is COc1ccc(S(=O)(=O)N2CCCCCC2)cc1C(=O)OCC(=O)N(C)Cc1cccs1. The highest BCUT2D eigenvalue weighted by Gasteiger charge is 2.27. The van der Waals surface area contributed by atoms with Crippen molar-refractivity contribution in [1.29, 1.82) is 0 Å². The lowest BCUT2D eigenvalue weighted by atomic mass is 10.2. The number of hydrogen-bond acceptors (Lipinski definition) is 7. The van der Waals surface area contributed by atoms with Crippen molar-refractivity contribution >= 4 is 33.2 Å². The molecule has 2 aromatic rings. The summed E-state index contributed by atoms with van der Waals surface area (Å²) in [6.07, 6.45) is 3.62. The normalized spacial score (nSPS) is 15.1. The number of amides is 1. The number of rotatable bonds is 8. The smallest absolute Gasteiger partial charge is 0.342 e. The summed E-state index contributed by atoms with van der Waals surface area (Å²) in [5.41, 5.74) is -0.0305. The van der Waals surface area contributed by atoms with Crippen LogP contribution in [0.2, 0.25) is 0 Å². The minimum atomic E-state index is -3.74. The number of ether oxygens (including phenoxy) is 2. The zero-order valence-corrected chi connectivity index (χ0v) is 19.9. The lowest BCUT2D eigenvalue weighted by Crippen LogP contribution is -2.32. The van der Waals surface area contributed by atoms with Gasteiger partial charge in [-0.1, -0.05) is 18.9 Å². The molecule has 1 saturated heterocycles. The van der Waals surface area contributed by atoms with Crippen molar-refractivity contribution in [1.82, 2.24) is 9.21 Å². The van der Waals surface area contributed by atoms with Gasteiger partial charge in [0.25, 0.3) is 5.91 Å². The fourth-order valence-corrected chi connectivity index (χ4v) is 5.78. The summed E-state index contributed by atoms with van der Waals surface area (Å²) < 4.78 is 38.1. The van der Waals surface area contributed by atoms with Crippen molar-refractivity contribution in [3.8, 4) is 5.75 Å². The van der Waals surface area contributed by atoms with E-state index in [0.717, 1.165) is 30.6 Å². The lowest BCUT2D eigenvalue weighted by molar-refractivity contribution is -0.133. The maximum atomic E-state index is 13.1. The number of benzene rings is 1. The molecule has 2 heterocycles. The number of sulfonamides is 1. The van der Waals surface area contributed by atoms with Gasteiger partial charge in [0, 0.05) is 25.0 Å². The van der Waals surface area contributed by atoms with Gasteiger partial charge in [-0.05, 0) is 42.5 Å². The van der Waals surface area contributed by atoms with Gasteiger partial charge in [0.05, 0.1) is 18.6 Å². The standard InChI is InChI=1S/C22H28N2O6S2/c1-23(15-17-8-7-13-31-17)21(25)16-30-22(26)19-14-18(9-10-20(19)29-2)32(27,28)24-11-5-3-4-6-12-24/h7-10,13-14H,3-6,11-12,15-16H2,1-2H3. The second-order valence-electron chi connectivity index (χ2n) is 7.59. The van der Waals surface area contributed by atoms with Gasteiger partial charge in [0.2, 0.25) is 10.0 Å². The van der Waals surface area contributed by atoms with Gasteiger partial charge >= 0.3 is 5.97 Å². The highest BCUT2D eigenvalue weighted by atomic mass is 32.2. The maximum absolute atomic E-state index is 13.1. The first-order chi connectivity index (χ1) is 15.3. The van der Waals surface area contributed by atoms with E-state index in [4.69, 9.17) is 9.47 Å². The van der Waals surface area contributed by atoms with Crippen LogP contribution in [0.25, 0.3) is 0 Å². The topological polar surface area (TPSA) is 93.2 Å². The molecule has 1 aliphatic rings. The van der Waals surface area contributed by atoms with Gasteiger partial charge in [-0.2, -0.15) is 4.31 Å². The molecular formula is C22H28N2O6S2. The molecule has 0 atom stereocenters. The van der Waals surface area contributed by atoms with Crippen LogP contribution in [0.1, 0.15) is 40.9 Å². The van der Waals surface area contributed by atoms with E-state index < -0.39 is 22.6 Å². The summed E-state index contributed by atoms with van der Waals surface area (Å²) in [6, 6.07) is 7.95. The van der Waals surface area contributed by atoms with E-state index in [0.29, 0.717) is 19.6 Å². The van der Waals surface area contributed by atoms with Crippen LogP contribution in [-0.2, 0) is 26.1 Å². The Kier molecular flexibility index (Phi) is 8.27. The van der Waals surface area contributed by atoms with E-state index in [-0.39, 0.29) is 22.1 Å². The molecule has 0 bridgehead atoms. The molecule has 1 aliphatic heterocycles. The molecule has 0 aliphatic carbocycles. The van der Waals surface area contributed by atoms with Gasteiger partial charge in [-0.25, -0.2) is 13.2 Å². The Labute approximate surface area is 192 Å². The summed E-state index contributed by atoms with van der Waals surface area (Å²) in [5, 5.41) is 1.92. The molecule has 0 radical (unpaired) electrons. The van der Waals surface area contributed by atoms with Crippen molar-refractivity contribution in [2.75, 3.05) is 33.9 Å². The molecule has 0 spiro atoms. The lowest BCUT2D eigenvalue weighted by Gasteiger charge is -2.20. The number of thiophene rings is 1. The molecule has 1 aromatic heterocycles. The summed E-state index contributed by atoms with van der Waals surface area (Å²) in [7, 11) is -0.730. The van der Waals surface area contributed by atoms with Crippen LogP contribution < -0.4 is 4.74 Å². The fourth-order valence-electron chi connectivity index (χ4n) is 3.48. The van der Waals surface area contributed by atoms with E-state index in [1.807, 2.05) is 17.5 Å². The van der Waals surface area contributed by atoms with Crippen LogP contribution >= 0.6 is 11.3 Å². The van der Waals surface area contributed by atoms with Gasteiger partial charge in [-0.3, -0.25) is 4.79 Å². The van der Waals surface area contributed by atoms with Crippen LogP contribution in [0, 0.1) is 0 Å². The third-order valence-corrected chi connectivity index (χ3v) is 8.08. The van der Waals surface area contributed by atoms with Crippen molar-refractivity contribution in [2.24, 2.45) is 0 Å². The van der Waals surface area contributed by atoms with Gasteiger partial charge in [-0.15, -0.1) is 11.3 Å². The number of nitrogens with zero attached hydrogens (tertiary/aromatic N) is 2. The summed E-state index contributed by atoms with van der Waals surface area (Å²) in [5.74, 6) is -0.990. The zero-order chi connectivity index (χ0) is 23.1. The Bertz CT molecular complexity index is 1030. The molecule has 10 heteroatoms. The number of carbonyl (C=O) groups is 2. The predicted octanol–water partition coefficient (Wildman–Crippen LogP) is 3.14. The average Bonchev–Trinajstić information content (AvgIpc) is 3.14. The molecule has 3 rings (SSSR count). The van der Waals surface area contributed by atoms with Gasteiger partial charge in [0.15, 0.2) is 6.61 Å². The minimum absolute atomic E-state index is 0.00768. The highest BCUT2D eigenvalue weighted by molar-refractivity contribution is 7.89. The van der Waals surface area contributed by atoms with Gasteiger partial charge in [0.1, 0.15) is 11.3 Å². The largest absolute Gasteiger partial charge is 0.496 e. The number of methoxy groups -OCH3 is 1. The molecule has 0 N–H and O–H groups in total. The van der Waals surface area contributed by atoms with Crippen LogP contribution in [-0.4, -0.2) is 63.4 Å². The Morgan fingerprint density at radius 2 is 1.84 bits per heavy atom. The fraction of sp³-hybridized carbons (Fsp3) is 0.455. The monoisotopic (exact) mass is 480 g/mol. The Morgan fingerprint density at radius 3 is 2.47 bits per heavy atom. The number of likely N-dealkylation sites (N-methyl/N-ethyl adjacent to an activating group) is 1. The quantitative estimate of drug-likeness (QED) is 0.539. The van der Waals surface area contributed by atoms with Crippen LogP contribution in [0.5, 0.6) is 5.75 Å². The number of carbonyl (C=O) groups excluding carboxylic acids is 2. The third-order valence-electron chi connectivity index (χ3n) is 5.32. The predicted molar refractivity (Wildman–Crippen MR) is 121 cm³/mol. The molecule has 0 unspecified atom stereocenters. The first kappa shape index (κ1) is 24.2. The van der Waals surface area contributed by atoms with E-state index in [2.05, 4.69) is 0 Å². The summed E-state index contributed by atoms with van der Waals surface area (Å²) in [4.78, 5) is 27.5. The second-order valence-corrected chi connectivity index (χ2v) is 10.6. The highest BCUT2D eigenvalue weighted by Crippen LogP contribution is 2.27. The molecule has 174 valence electrons. The molecule has 0 saturated carbocycles. The molecular weight excluding hydrogens is 452 g/mol. The van der Waals surface area contributed by atoms with Gasteiger partial charge < -0.3 is 14.4 Å². The minimum Gasteiger partial charge on any atom is -0.496 e. The van der Waals surface area contributed by atoms with E-state index in [1.165, 1.54) is 45.9 Å². The van der Waals surface area contributed by atoms with Crippen molar-refractivity contribution in [2.45, 2.75) is 37.1 Å². The van der Waals surface area contributed by atoms with Crippen LogP contribution in [0.3, 0.4) is 0 Å². The average molecular weight is 481 g/mol. The van der Waals surface area contributed by atoms with Crippen molar-refractivity contribution in [3.05, 3.63) is 46.2 Å². The molecule has 8 nitrogen and oxygen atoms in total. The first-order valence-electron chi connectivity index (χ1n) is 10.4. The van der Waals surface area contributed by atoms with Crippen molar-refractivity contribution in [3.63, 3.8) is 0 Å². The Morgan fingerprint density at radius 1 is 1.12 bits per heavy atom. The van der Waals surface area contributed by atoms with E-state index in [1.54, 1.807) is 7.05 Å². The molecule has 1 amide bonds. The number of hydrogen-bond donors (Lipinski definition) is 0. The first-order valence-corrected chi connectivity index (χ1v) is 12.8. The summed E-state index contributed by atoms with van der Waals surface area (Å²) in [6.45, 7) is 0.881. The number of esters is 1. The maximum Gasteiger partial charge on any atom is 0.342 e. The van der Waals surface area contributed by atoms with E-state index in [9.17, 15) is 18.0 Å². The summed E-state index contributed by atoms with van der Waals surface area (Å²) >= 11 is 1.53. The molecule has 1 fully saturated rings. The van der Waals surface area contributed by atoms with Crippen LogP contribution in [0.15, 0.2) is 40.6 Å². The molecule has 1 aromatic carbocycles. The Balaban J connectivity index is 1.71. The third kappa shape index (κ3) is 5.87.